The van der Waals surface area contributed by atoms with E-state index in [1.165, 1.54) is 83.5 Å². The molecule has 35 heavy (non-hydrogen) atoms. The Hall–Kier alpha value is 0.0300. The quantitative estimate of drug-likeness (QED) is 0.0787. The summed E-state index contributed by atoms with van der Waals surface area (Å²) in [7, 11) is 0. The van der Waals surface area contributed by atoms with Gasteiger partial charge in [-0.3, -0.25) is 9.59 Å². The van der Waals surface area contributed by atoms with Crippen molar-refractivity contribution in [2.75, 3.05) is 24.7 Å². The minimum absolute atomic E-state index is 0. The first-order valence-corrected chi connectivity index (χ1v) is 13.6. The van der Waals surface area contributed by atoms with Crippen LogP contribution in [0.4, 0.5) is 0 Å². The van der Waals surface area contributed by atoms with Crippen LogP contribution in [0.15, 0.2) is 0 Å². The third-order valence-electron chi connectivity index (χ3n) is 4.35. The Bertz CT molecular complexity index is 414. The molecule has 0 aliphatic heterocycles. The molecule has 0 fully saturated rings. The van der Waals surface area contributed by atoms with Gasteiger partial charge in [0.2, 0.25) is 0 Å². The number of rotatable bonds is 19. The van der Waals surface area contributed by atoms with Crippen LogP contribution >= 0.6 is 25.3 Å². The molecule has 0 saturated heterocycles. The number of aliphatic hydroxyl groups excluding tert-OH is 2. The number of unbranched alkanes of at least 4 members (excludes halogenated alkanes) is 14. The van der Waals surface area contributed by atoms with Crippen LogP contribution in [0.2, 0.25) is 0 Å². The molecule has 4 N–H and O–H groups in total. The van der Waals surface area contributed by atoms with Crippen LogP contribution < -0.4 is 34.7 Å². The van der Waals surface area contributed by atoms with E-state index in [4.69, 9.17) is 20.4 Å². The smallest absolute Gasteiger partial charge is 0.550 e. The fourth-order valence-corrected chi connectivity index (χ4v) is 2.64. The molecule has 0 unspecified atom stereocenters. The molecule has 206 valence electrons. The van der Waals surface area contributed by atoms with Crippen molar-refractivity contribution in [1.82, 2.24) is 0 Å². The average Bonchev–Trinajstić information content (AvgIpc) is 2.82. The van der Waals surface area contributed by atoms with Crippen molar-refractivity contribution >= 4 is 43.2 Å². The van der Waals surface area contributed by atoms with Gasteiger partial charge in [0.05, 0.1) is 24.7 Å². The molecule has 0 rings (SSSR count). The summed E-state index contributed by atoms with van der Waals surface area (Å²) in [6.45, 7) is 2.02. The van der Waals surface area contributed by atoms with Gasteiger partial charge in [0.25, 0.3) is 0 Å². The number of aliphatic hydroxyl groups is 2. The monoisotopic (exact) mass is 552 g/mol. The summed E-state index contributed by atoms with van der Waals surface area (Å²) in [4.78, 5) is 28.8. The third kappa shape index (κ3) is 71.9. The maximum absolute atomic E-state index is 10.2. The Morgan fingerprint density at radius 2 is 0.829 bits per heavy atom. The molecule has 0 heterocycles. The topological polar surface area (TPSA) is 155 Å². The van der Waals surface area contributed by atoms with Gasteiger partial charge >= 0.3 is 41.5 Å². The van der Waals surface area contributed by atoms with E-state index in [1.54, 1.807) is 0 Å². The first-order chi connectivity index (χ1) is 16.2. The first-order valence-electron chi connectivity index (χ1n) is 12.3. The number of carboxylic acid groups (broad SMARTS) is 3. The molecule has 0 bridgehead atoms. The minimum Gasteiger partial charge on any atom is -0.550 e. The van der Waals surface area contributed by atoms with E-state index in [9.17, 15) is 19.5 Å². The maximum atomic E-state index is 10.2. The summed E-state index contributed by atoms with van der Waals surface area (Å²) in [6.07, 6.45) is 19.9. The standard InChI is InChI=1S/C18H36O2.2C2H4O2S.C2H6O2.Na/c1-2-3-4-5-6-7-8-9-10-11-12-13-14-15-16-17-18(19)20;2*3-2(4)1-5;3-1-2-4;/h2-17H2,1H3,(H,19,20);2*5H,1H2,(H,3,4);3-4H,1-2H2;/q;;;;+1/p-1. The van der Waals surface area contributed by atoms with Crippen molar-refractivity contribution < 1.29 is 69.5 Å². The fourth-order valence-electron chi connectivity index (χ4n) is 2.64. The molecule has 8 nitrogen and oxygen atoms in total. The minimum atomic E-state index is -0.903. The van der Waals surface area contributed by atoms with Gasteiger partial charge in [0.15, 0.2) is 0 Å². The van der Waals surface area contributed by atoms with Gasteiger partial charge in [-0.25, -0.2) is 0 Å². The molecule has 0 atom stereocenters. The second kappa shape index (κ2) is 44.1. The Kier molecular flexibility index (Phi) is 56.6. The zero-order chi connectivity index (χ0) is 26.9. The summed E-state index contributed by atoms with van der Waals surface area (Å²) >= 11 is 6.83. The molecule has 0 aliphatic carbocycles. The number of carbonyl (C=O) groups is 3. The van der Waals surface area contributed by atoms with Crippen molar-refractivity contribution in [1.29, 1.82) is 0 Å². The van der Waals surface area contributed by atoms with Gasteiger partial charge in [-0.05, 0) is 12.8 Å². The van der Waals surface area contributed by atoms with Crippen LogP contribution in [0.1, 0.15) is 110 Å². The molecular formula is C24H49NaO8S2. The van der Waals surface area contributed by atoms with Gasteiger partial charge in [-0.15, -0.1) is 0 Å². The van der Waals surface area contributed by atoms with Gasteiger partial charge in [0.1, 0.15) is 0 Å². The fraction of sp³-hybridized carbons (Fsp3) is 0.875. The summed E-state index contributed by atoms with van der Waals surface area (Å²) in [6, 6.07) is 0. The molecule has 0 saturated carbocycles. The van der Waals surface area contributed by atoms with E-state index in [2.05, 4.69) is 32.2 Å². The molecule has 0 aromatic carbocycles. The van der Waals surface area contributed by atoms with E-state index >= 15 is 0 Å². The summed E-state index contributed by atoms with van der Waals surface area (Å²) in [5, 5.41) is 40.8. The van der Waals surface area contributed by atoms with E-state index in [-0.39, 0.29) is 60.7 Å². The van der Waals surface area contributed by atoms with Crippen LogP contribution in [0, 0.1) is 0 Å². The van der Waals surface area contributed by atoms with Crippen LogP contribution in [0.3, 0.4) is 0 Å². The largest absolute Gasteiger partial charge is 1.00 e. The summed E-state index contributed by atoms with van der Waals surface area (Å²) in [5.74, 6) is -2.83. The number of hydrogen-bond donors (Lipinski definition) is 6. The molecule has 11 heteroatoms. The van der Waals surface area contributed by atoms with E-state index in [0.29, 0.717) is 0 Å². The number of thiol groups is 2. The van der Waals surface area contributed by atoms with Gasteiger partial charge in [-0.2, -0.15) is 25.3 Å². The number of carboxylic acids is 3. The van der Waals surface area contributed by atoms with Crippen molar-refractivity contribution in [2.24, 2.45) is 0 Å². The molecule has 0 spiro atoms. The normalized spacial score (nSPS) is 9.17. The second-order valence-electron chi connectivity index (χ2n) is 7.62. The summed E-state index contributed by atoms with van der Waals surface area (Å²) in [5.41, 5.74) is 0. The summed E-state index contributed by atoms with van der Waals surface area (Å²) < 4.78 is 0. The van der Waals surface area contributed by atoms with Crippen LogP contribution in [-0.4, -0.2) is 63.1 Å². The van der Waals surface area contributed by atoms with E-state index < -0.39 is 17.9 Å². The molecule has 0 aromatic rings. The Labute approximate surface area is 245 Å². The number of hydrogen-bond acceptors (Lipinski definition) is 8. The van der Waals surface area contributed by atoms with Gasteiger partial charge < -0.3 is 30.3 Å². The van der Waals surface area contributed by atoms with Crippen molar-refractivity contribution in [3.63, 3.8) is 0 Å². The predicted molar refractivity (Wildman–Crippen MR) is 142 cm³/mol. The van der Waals surface area contributed by atoms with E-state index in [1.807, 2.05) is 0 Å². The van der Waals surface area contributed by atoms with Crippen molar-refractivity contribution in [2.45, 2.75) is 110 Å². The molecule has 0 aromatic heterocycles. The first kappa shape index (κ1) is 45.0. The zero-order valence-corrected chi connectivity index (χ0v) is 25.7. The average molecular weight is 553 g/mol. The molecular weight excluding hydrogens is 503 g/mol. The van der Waals surface area contributed by atoms with E-state index in [0.717, 1.165) is 12.8 Å². The predicted octanol–water partition coefficient (Wildman–Crippen LogP) is 0.974. The van der Waals surface area contributed by atoms with Crippen LogP contribution in [0.25, 0.3) is 0 Å². The van der Waals surface area contributed by atoms with Crippen molar-refractivity contribution in [3.8, 4) is 0 Å². The van der Waals surface area contributed by atoms with Crippen molar-refractivity contribution in [3.05, 3.63) is 0 Å². The van der Waals surface area contributed by atoms with Gasteiger partial charge in [-0.1, -0.05) is 96.8 Å². The van der Waals surface area contributed by atoms with Gasteiger partial charge in [0, 0.05) is 5.97 Å². The number of aliphatic carboxylic acids is 3. The zero-order valence-electron chi connectivity index (χ0n) is 22.0. The number of carbonyl (C=O) groups excluding carboxylic acids is 1. The SMILES string of the molecule is CCCCCCCCCCCCCCCCCC(=O)[O-].O=C(O)CS.O=C(O)CS.OCCO.[Na+]. The Balaban J connectivity index is -0.000000163. The second-order valence-corrected chi connectivity index (χ2v) is 8.26. The molecule has 0 amide bonds. The Morgan fingerprint density at radius 3 is 1.00 bits per heavy atom. The molecule has 0 radical (unpaired) electrons. The molecule has 0 aliphatic rings. The Morgan fingerprint density at radius 1 is 0.600 bits per heavy atom. The van der Waals surface area contributed by atoms with Crippen LogP contribution in [-0.2, 0) is 14.4 Å². The maximum Gasteiger partial charge on any atom is 1.00 e. The van der Waals surface area contributed by atoms with Crippen LogP contribution in [0.5, 0.6) is 0 Å². The third-order valence-corrected chi connectivity index (χ3v) is 4.90.